The molecule has 1 atom stereocenters. The molecule has 2 heterocycles. The molecule has 2 amide bonds. The van der Waals surface area contributed by atoms with Gasteiger partial charge in [0.2, 0.25) is 5.91 Å². The van der Waals surface area contributed by atoms with E-state index in [1.165, 1.54) is 12.1 Å². The van der Waals surface area contributed by atoms with E-state index in [-0.39, 0.29) is 23.5 Å². The van der Waals surface area contributed by atoms with Crippen molar-refractivity contribution < 1.29 is 14.0 Å². The van der Waals surface area contributed by atoms with E-state index in [9.17, 15) is 14.0 Å². The van der Waals surface area contributed by atoms with Gasteiger partial charge in [-0.05, 0) is 51.3 Å². The molecule has 1 aromatic carbocycles. The van der Waals surface area contributed by atoms with Crippen molar-refractivity contribution in [2.24, 2.45) is 0 Å². The summed E-state index contributed by atoms with van der Waals surface area (Å²) in [5.74, 6) is 0.543. The SMILES string of the molecule is CCN(CC)C(=O)c1cnc(C2CCN(C(=O)CCc3ccc(F)cc3)C2)nc1C. The predicted molar refractivity (Wildman–Crippen MR) is 113 cm³/mol. The molecule has 1 saturated heterocycles. The van der Waals surface area contributed by atoms with Gasteiger partial charge in [-0.1, -0.05) is 12.1 Å². The molecule has 0 saturated carbocycles. The Kier molecular flexibility index (Phi) is 7.13. The number of benzene rings is 1. The number of hydrogen-bond acceptors (Lipinski definition) is 4. The van der Waals surface area contributed by atoms with Crippen LogP contribution in [-0.4, -0.2) is 57.8 Å². The monoisotopic (exact) mass is 412 g/mol. The fraction of sp³-hybridized carbons (Fsp3) is 0.478. The Morgan fingerprint density at radius 3 is 2.53 bits per heavy atom. The van der Waals surface area contributed by atoms with Crippen LogP contribution in [0.3, 0.4) is 0 Å². The number of carbonyl (C=O) groups excluding carboxylic acids is 2. The molecule has 1 aliphatic heterocycles. The van der Waals surface area contributed by atoms with E-state index in [1.807, 2.05) is 25.7 Å². The number of hydrogen-bond donors (Lipinski definition) is 0. The van der Waals surface area contributed by atoms with Gasteiger partial charge in [0.1, 0.15) is 11.6 Å². The molecule has 0 spiro atoms. The summed E-state index contributed by atoms with van der Waals surface area (Å²) in [7, 11) is 0. The average molecular weight is 413 g/mol. The molecular formula is C23H29FN4O2. The lowest BCUT2D eigenvalue weighted by Crippen LogP contribution is -2.31. The second kappa shape index (κ2) is 9.78. The Labute approximate surface area is 177 Å². The Balaban J connectivity index is 1.59. The van der Waals surface area contributed by atoms with Gasteiger partial charge in [0.15, 0.2) is 0 Å². The lowest BCUT2D eigenvalue weighted by Gasteiger charge is -2.20. The minimum Gasteiger partial charge on any atom is -0.342 e. The second-order valence-electron chi connectivity index (χ2n) is 7.66. The summed E-state index contributed by atoms with van der Waals surface area (Å²) in [6, 6.07) is 6.26. The van der Waals surface area contributed by atoms with Gasteiger partial charge in [0.05, 0.1) is 11.3 Å². The molecule has 6 nitrogen and oxygen atoms in total. The topological polar surface area (TPSA) is 66.4 Å². The Morgan fingerprint density at radius 2 is 1.90 bits per heavy atom. The van der Waals surface area contributed by atoms with Crippen LogP contribution in [0.15, 0.2) is 30.5 Å². The largest absolute Gasteiger partial charge is 0.342 e. The molecule has 0 aliphatic carbocycles. The summed E-state index contributed by atoms with van der Waals surface area (Å²) in [6.45, 7) is 8.30. The highest BCUT2D eigenvalue weighted by Gasteiger charge is 2.29. The van der Waals surface area contributed by atoms with Crippen molar-refractivity contribution in [2.75, 3.05) is 26.2 Å². The lowest BCUT2D eigenvalue weighted by molar-refractivity contribution is -0.130. The summed E-state index contributed by atoms with van der Waals surface area (Å²) in [4.78, 5) is 37.8. The summed E-state index contributed by atoms with van der Waals surface area (Å²) in [6.07, 6.45) is 3.43. The quantitative estimate of drug-likeness (QED) is 0.700. The first-order valence-corrected chi connectivity index (χ1v) is 10.6. The van der Waals surface area contributed by atoms with Gasteiger partial charge in [-0.3, -0.25) is 9.59 Å². The maximum absolute atomic E-state index is 13.0. The first kappa shape index (κ1) is 21.9. The first-order valence-electron chi connectivity index (χ1n) is 10.6. The molecule has 1 unspecified atom stereocenters. The van der Waals surface area contributed by atoms with Crippen LogP contribution < -0.4 is 0 Å². The highest BCUT2D eigenvalue weighted by atomic mass is 19.1. The number of carbonyl (C=O) groups is 2. The summed E-state index contributed by atoms with van der Waals surface area (Å²) >= 11 is 0. The Morgan fingerprint density at radius 1 is 1.20 bits per heavy atom. The Bertz CT molecular complexity index is 897. The second-order valence-corrected chi connectivity index (χ2v) is 7.66. The van der Waals surface area contributed by atoms with Crippen LogP contribution in [0, 0.1) is 12.7 Å². The highest BCUT2D eigenvalue weighted by molar-refractivity contribution is 5.94. The lowest BCUT2D eigenvalue weighted by atomic mass is 10.1. The molecule has 0 bridgehead atoms. The van der Waals surface area contributed by atoms with Gasteiger partial charge in [-0.15, -0.1) is 0 Å². The fourth-order valence-electron chi connectivity index (χ4n) is 3.83. The third-order valence-electron chi connectivity index (χ3n) is 5.73. The van der Waals surface area contributed by atoms with Gasteiger partial charge in [0.25, 0.3) is 5.91 Å². The normalized spacial score (nSPS) is 16.0. The van der Waals surface area contributed by atoms with E-state index in [1.54, 1.807) is 23.2 Å². The molecule has 1 aromatic heterocycles. The molecule has 0 radical (unpaired) electrons. The smallest absolute Gasteiger partial charge is 0.257 e. The first-order chi connectivity index (χ1) is 14.4. The molecule has 2 aromatic rings. The minimum atomic E-state index is -0.271. The molecule has 160 valence electrons. The molecule has 3 rings (SSSR count). The molecule has 0 N–H and O–H groups in total. The van der Waals surface area contributed by atoms with Crippen molar-refractivity contribution in [3.8, 4) is 0 Å². The van der Waals surface area contributed by atoms with Crippen molar-refractivity contribution in [3.63, 3.8) is 0 Å². The number of likely N-dealkylation sites (tertiary alicyclic amines) is 1. The minimum absolute atomic E-state index is 0.0481. The van der Waals surface area contributed by atoms with E-state index in [2.05, 4.69) is 9.97 Å². The average Bonchev–Trinajstić information content (AvgIpc) is 3.24. The Hall–Kier alpha value is -2.83. The number of nitrogens with zero attached hydrogens (tertiary/aromatic N) is 4. The van der Waals surface area contributed by atoms with Crippen LogP contribution in [0.25, 0.3) is 0 Å². The molecule has 30 heavy (non-hydrogen) atoms. The summed E-state index contributed by atoms with van der Waals surface area (Å²) < 4.78 is 13.0. The zero-order chi connectivity index (χ0) is 21.7. The molecule has 1 fully saturated rings. The van der Waals surface area contributed by atoms with E-state index in [0.29, 0.717) is 56.1 Å². The maximum atomic E-state index is 13.0. The zero-order valence-electron chi connectivity index (χ0n) is 17.9. The third kappa shape index (κ3) is 5.01. The van der Waals surface area contributed by atoms with Crippen molar-refractivity contribution >= 4 is 11.8 Å². The van der Waals surface area contributed by atoms with Crippen LogP contribution >= 0.6 is 0 Å². The summed E-state index contributed by atoms with van der Waals surface area (Å²) in [5.41, 5.74) is 2.17. The van der Waals surface area contributed by atoms with Gasteiger partial charge in [-0.2, -0.15) is 0 Å². The van der Waals surface area contributed by atoms with Crippen LogP contribution in [-0.2, 0) is 11.2 Å². The van der Waals surface area contributed by atoms with Crippen LogP contribution in [0.1, 0.15) is 60.0 Å². The number of aryl methyl sites for hydroxylation is 2. The maximum Gasteiger partial charge on any atom is 0.257 e. The van der Waals surface area contributed by atoms with Gasteiger partial charge < -0.3 is 9.80 Å². The van der Waals surface area contributed by atoms with Crippen molar-refractivity contribution in [1.29, 1.82) is 0 Å². The van der Waals surface area contributed by atoms with Gasteiger partial charge in [-0.25, -0.2) is 14.4 Å². The van der Waals surface area contributed by atoms with Crippen LogP contribution in [0.5, 0.6) is 0 Å². The van der Waals surface area contributed by atoms with E-state index < -0.39 is 0 Å². The molecule has 1 aliphatic rings. The third-order valence-corrected chi connectivity index (χ3v) is 5.73. The van der Waals surface area contributed by atoms with Crippen molar-refractivity contribution in [1.82, 2.24) is 19.8 Å². The van der Waals surface area contributed by atoms with Crippen LogP contribution in [0.2, 0.25) is 0 Å². The van der Waals surface area contributed by atoms with Gasteiger partial charge >= 0.3 is 0 Å². The molecular weight excluding hydrogens is 383 g/mol. The number of halogens is 1. The number of amides is 2. The van der Waals surface area contributed by atoms with E-state index >= 15 is 0 Å². The number of aromatic nitrogens is 2. The zero-order valence-corrected chi connectivity index (χ0v) is 17.9. The van der Waals surface area contributed by atoms with E-state index in [4.69, 9.17) is 0 Å². The van der Waals surface area contributed by atoms with Crippen molar-refractivity contribution in [2.45, 2.75) is 46.0 Å². The highest BCUT2D eigenvalue weighted by Crippen LogP contribution is 2.26. The number of rotatable bonds is 7. The predicted octanol–water partition coefficient (Wildman–Crippen LogP) is 3.35. The standard InChI is InChI=1S/C23H29FN4O2/c1-4-27(5-2)23(30)20-14-25-22(26-16(20)3)18-12-13-28(15-18)21(29)11-8-17-6-9-19(24)10-7-17/h6-7,9-10,14,18H,4-5,8,11-13,15H2,1-3H3. The summed E-state index contributed by atoms with van der Waals surface area (Å²) in [5, 5.41) is 0. The van der Waals surface area contributed by atoms with Crippen LogP contribution in [0.4, 0.5) is 4.39 Å². The van der Waals surface area contributed by atoms with Gasteiger partial charge in [0, 0.05) is 44.7 Å². The fourth-order valence-corrected chi connectivity index (χ4v) is 3.83. The van der Waals surface area contributed by atoms with E-state index in [0.717, 1.165) is 12.0 Å². The van der Waals surface area contributed by atoms with Crippen molar-refractivity contribution in [3.05, 3.63) is 58.9 Å². The molecule has 7 heteroatoms.